The molecule has 2 unspecified atom stereocenters. The Morgan fingerprint density at radius 1 is 0.767 bits per heavy atom. The third-order valence-corrected chi connectivity index (χ3v) is 8.01. The van der Waals surface area contributed by atoms with Crippen LogP contribution in [-0.4, -0.2) is 42.9 Å². The zero-order valence-electron chi connectivity index (χ0n) is 20.9. The van der Waals surface area contributed by atoms with Gasteiger partial charge in [0.2, 0.25) is 0 Å². The van der Waals surface area contributed by atoms with E-state index in [-0.39, 0.29) is 5.78 Å². The lowest BCUT2D eigenvalue weighted by molar-refractivity contribution is -0.883. The second kappa shape index (κ2) is 18.4. The Bertz CT molecular complexity index is 460. The van der Waals surface area contributed by atoms with Crippen molar-refractivity contribution in [1.29, 1.82) is 0 Å². The summed E-state index contributed by atoms with van der Waals surface area (Å²) >= 11 is 0. The van der Waals surface area contributed by atoms with Crippen LogP contribution in [0.1, 0.15) is 117 Å². The molecule has 0 rings (SSSR count). The van der Waals surface area contributed by atoms with Gasteiger partial charge in [0.05, 0.1) is 27.7 Å². The van der Waals surface area contributed by atoms with Crippen LogP contribution in [0.4, 0.5) is 0 Å². The van der Waals surface area contributed by atoms with E-state index in [0.717, 1.165) is 19.3 Å². The van der Waals surface area contributed by atoms with Gasteiger partial charge in [-0.05, 0) is 38.5 Å². The first-order valence-corrected chi connectivity index (χ1v) is 14.3. The SMILES string of the molecule is CCCCCCCC=CCCCCCCCCCOP(=O)(O)C(CCC)[N+](C)(C)C. The maximum absolute atomic E-state index is 12.6. The van der Waals surface area contributed by atoms with Crippen molar-refractivity contribution in [2.75, 3.05) is 27.7 Å². The monoisotopic (exact) mass is 446 g/mol. The fourth-order valence-electron chi connectivity index (χ4n) is 3.88. The molecule has 0 bridgehead atoms. The first kappa shape index (κ1) is 29.9. The highest BCUT2D eigenvalue weighted by molar-refractivity contribution is 7.53. The quantitative estimate of drug-likeness (QED) is 0.0839. The van der Waals surface area contributed by atoms with E-state index in [1.165, 1.54) is 77.0 Å². The zero-order valence-corrected chi connectivity index (χ0v) is 21.8. The molecule has 0 aromatic rings. The second-order valence-corrected chi connectivity index (χ2v) is 11.7. The molecular formula is C25H53NO3P+. The fraction of sp³-hybridized carbons (Fsp3) is 0.920. The first-order valence-electron chi connectivity index (χ1n) is 12.7. The molecule has 0 aromatic carbocycles. The van der Waals surface area contributed by atoms with Crippen molar-refractivity contribution in [2.24, 2.45) is 0 Å². The Kier molecular flexibility index (Phi) is 18.3. The molecule has 0 spiro atoms. The van der Waals surface area contributed by atoms with Crippen LogP contribution in [0.2, 0.25) is 0 Å². The van der Waals surface area contributed by atoms with E-state index in [1.807, 2.05) is 21.1 Å². The summed E-state index contributed by atoms with van der Waals surface area (Å²) in [6.45, 7) is 4.71. The molecule has 0 aromatic heterocycles. The Balaban J connectivity index is 3.60. The number of quaternary nitrogens is 1. The molecule has 2 atom stereocenters. The standard InChI is InChI=1S/C25H52NO3P/c1-6-8-9-10-11-12-13-14-15-16-17-18-19-20-21-22-24-29-30(27,28)25(23-7-2)26(3,4)5/h13-14,25H,6-12,15-24H2,1-5H3/p+1. The predicted molar refractivity (Wildman–Crippen MR) is 132 cm³/mol. The van der Waals surface area contributed by atoms with E-state index < -0.39 is 7.60 Å². The molecule has 30 heavy (non-hydrogen) atoms. The normalized spacial score (nSPS) is 15.5. The van der Waals surface area contributed by atoms with Crippen LogP contribution in [0, 0.1) is 0 Å². The topological polar surface area (TPSA) is 46.5 Å². The van der Waals surface area contributed by atoms with Crippen molar-refractivity contribution in [3.63, 3.8) is 0 Å². The maximum Gasteiger partial charge on any atom is 0.385 e. The van der Waals surface area contributed by atoms with Crippen LogP contribution < -0.4 is 0 Å². The van der Waals surface area contributed by atoms with Gasteiger partial charge in [-0.2, -0.15) is 0 Å². The average molecular weight is 447 g/mol. The molecule has 0 aliphatic carbocycles. The molecule has 0 saturated carbocycles. The molecule has 0 saturated heterocycles. The number of hydrogen-bond donors (Lipinski definition) is 1. The van der Waals surface area contributed by atoms with Gasteiger partial charge in [-0.3, -0.25) is 4.57 Å². The number of hydrogen-bond acceptors (Lipinski definition) is 2. The van der Waals surface area contributed by atoms with Crippen LogP contribution in [0.3, 0.4) is 0 Å². The molecule has 0 fully saturated rings. The highest BCUT2D eigenvalue weighted by Crippen LogP contribution is 2.51. The molecule has 5 heteroatoms. The molecule has 0 aliphatic rings. The Morgan fingerprint density at radius 3 is 1.70 bits per heavy atom. The van der Waals surface area contributed by atoms with Gasteiger partial charge in [0.25, 0.3) is 0 Å². The van der Waals surface area contributed by atoms with Gasteiger partial charge in [-0.25, -0.2) is 0 Å². The van der Waals surface area contributed by atoms with Gasteiger partial charge < -0.3 is 13.9 Å². The number of unbranched alkanes of at least 4 members (excludes halogenated alkanes) is 12. The number of nitrogens with zero attached hydrogens (tertiary/aromatic N) is 1. The summed E-state index contributed by atoms with van der Waals surface area (Å²) in [5.74, 6) is -0.336. The van der Waals surface area contributed by atoms with Gasteiger partial charge in [-0.15, -0.1) is 0 Å². The first-order chi connectivity index (χ1) is 14.3. The van der Waals surface area contributed by atoms with E-state index in [1.54, 1.807) is 0 Å². The molecule has 180 valence electrons. The molecule has 4 nitrogen and oxygen atoms in total. The zero-order chi connectivity index (χ0) is 22.7. The third-order valence-electron chi connectivity index (χ3n) is 5.75. The van der Waals surface area contributed by atoms with Gasteiger partial charge >= 0.3 is 7.60 Å². The summed E-state index contributed by atoms with van der Waals surface area (Å²) in [5.41, 5.74) is 0. The van der Waals surface area contributed by atoms with Crippen LogP contribution in [0.5, 0.6) is 0 Å². The Hall–Kier alpha value is -0.150. The minimum absolute atomic E-state index is 0.336. The van der Waals surface area contributed by atoms with Gasteiger partial charge in [-0.1, -0.05) is 83.8 Å². The Labute approximate surface area is 188 Å². The van der Waals surface area contributed by atoms with E-state index >= 15 is 0 Å². The van der Waals surface area contributed by atoms with Gasteiger partial charge in [0.15, 0.2) is 5.78 Å². The van der Waals surface area contributed by atoms with Crippen LogP contribution >= 0.6 is 7.60 Å². The van der Waals surface area contributed by atoms with E-state index in [0.29, 0.717) is 17.5 Å². The minimum Gasteiger partial charge on any atom is -0.320 e. The average Bonchev–Trinajstić information content (AvgIpc) is 2.67. The lowest BCUT2D eigenvalue weighted by atomic mass is 10.1. The summed E-state index contributed by atoms with van der Waals surface area (Å²) in [5, 5.41) is 0. The fourth-order valence-corrected chi connectivity index (χ4v) is 5.90. The maximum atomic E-state index is 12.6. The third kappa shape index (κ3) is 16.5. The Morgan fingerprint density at radius 2 is 1.23 bits per heavy atom. The van der Waals surface area contributed by atoms with Crippen molar-refractivity contribution in [3.8, 4) is 0 Å². The van der Waals surface area contributed by atoms with Crippen molar-refractivity contribution in [1.82, 2.24) is 0 Å². The largest absolute Gasteiger partial charge is 0.385 e. The second-order valence-electron chi connectivity index (χ2n) is 9.72. The van der Waals surface area contributed by atoms with E-state index in [2.05, 4.69) is 26.0 Å². The van der Waals surface area contributed by atoms with Crippen LogP contribution in [-0.2, 0) is 9.09 Å². The number of rotatable bonds is 21. The molecule has 0 heterocycles. The van der Waals surface area contributed by atoms with Crippen LogP contribution in [0.15, 0.2) is 12.2 Å². The van der Waals surface area contributed by atoms with Crippen LogP contribution in [0.25, 0.3) is 0 Å². The van der Waals surface area contributed by atoms with E-state index in [9.17, 15) is 9.46 Å². The molecule has 1 N–H and O–H groups in total. The van der Waals surface area contributed by atoms with Gasteiger partial charge in [0.1, 0.15) is 0 Å². The lowest BCUT2D eigenvalue weighted by Crippen LogP contribution is -2.45. The lowest BCUT2D eigenvalue weighted by Gasteiger charge is -2.35. The summed E-state index contributed by atoms with van der Waals surface area (Å²) < 4.78 is 18.6. The minimum atomic E-state index is -3.56. The van der Waals surface area contributed by atoms with Crippen molar-refractivity contribution in [2.45, 2.75) is 122 Å². The van der Waals surface area contributed by atoms with Crippen molar-refractivity contribution < 1.29 is 18.5 Å². The van der Waals surface area contributed by atoms with E-state index in [4.69, 9.17) is 4.52 Å². The predicted octanol–water partition coefficient (Wildman–Crippen LogP) is 8.06. The smallest absolute Gasteiger partial charge is 0.320 e. The summed E-state index contributed by atoms with van der Waals surface area (Å²) in [6.07, 6.45) is 24.0. The van der Waals surface area contributed by atoms with Gasteiger partial charge in [0, 0.05) is 6.42 Å². The molecule has 0 radical (unpaired) electrons. The highest BCUT2D eigenvalue weighted by atomic mass is 31.2. The summed E-state index contributed by atoms with van der Waals surface area (Å²) in [4.78, 5) is 10.4. The molecule has 0 amide bonds. The molecular weight excluding hydrogens is 393 g/mol. The van der Waals surface area contributed by atoms with Crippen molar-refractivity contribution in [3.05, 3.63) is 12.2 Å². The summed E-state index contributed by atoms with van der Waals surface area (Å²) in [6, 6.07) is 0. The number of allylic oxidation sites excluding steroid dienone is 2. The molecule has 0 aliphatic heterocycles. The van der Waals surface area contributed by atoms with Crippen molar-refractivity contribution >= 4 is 7.60 Å². The summed E-state index contributed by atoms with van der Waals surface area (Å²) in [7, 11) is 2.34. The highest BCUT2D eigenvalue weighted by Gasteiger charge is 2.41.